The quantitative estimate of drug-likeness (QED) is 0.287. The molecule has 2 aromatic carbocycles. The van der Waals surface area contributed by atoms with Crippen LogP contribution < -0.4 is 15.9 Å². The molecule has 3 N–H and O–H groups in total. The molecule has 33 heavy (non-hydrogen) atoms. The van der Waals surface area contributed by atoms with E-state index in [1.165, 1.54) is 16.8 Å². The fourth-order valence-electron chi connectivity index (χ4n) is 3.14. The lowest BCUT2D eigenvalue weighted by atomic mass is 10.1. The number of halogens is 1. The third-order valence-corrected chi connectivity index (χ3v) is 5.76. The molecule has 9 nitrogen and oxygen atoms in total. The highest BCUT2D eigenvalue weighted by atomic mass is 32.2. The molecule has 0 aliphatic carbocycles. The molecule has 0 saturated carbocycles. The van der Waals surface area contributed by atoms with Gasteiger partial charge in [-0.2, -0.15) is 0 Å². The fraction of sp³-hybridized carbons (Fsp3) is 0.182. The van der Waals surface area contributed by atoms with E-state index in [1.807, 2.05) is 48.1 Å². The van der Waals surface area contributed by atoms with Crippen molar-refractivity contribution in [2.75, 3.05) is 11.6 Å². The number of rotatable bonds is 9. The first-order valence-corrected chi connectivity index (χ1v) is 11.0. The number of ether oxygens (including phenoxy) is 1. The number of nitrogens with two attached hydrogens (primary N) is 1. The van der Waals surface area contributed by atoms with Crippen molar-refractivity contribution < 1.29 is 13.9 Å². The second kappa shape index (κ2) is 10.2. The molecule has 170 valence electrons. The summed E-state index contributed by atoms with van der Waals surface area (Å²) in [6, 6.07) is 15.3. The highest BCUT2D eigenvalue weighted by Crippen LogP contribution is 2.22. The summed E-state index contributed by atoms with van der Waals surface area (Å²) in [5.41, 5.74) is 0.916. The van der Waals surface area contributed by atoms with Gasteiger partial charge in [-0.1, -0.05) is 54.2 Å². The zero-order chi connectivity index (χ0) is 23.2. The van der Waals surface area contributed by atoms with Crippen LogP contribution in [0.2, 0.25) is 0 Å². The van der Waals surface area contributed by atoms with Crippen LogP contribution in [0.5, 0.6) is 5.75 Å². The van der Waals surface area contributed by atoms with Gasteiger partial charge in [-0.25, -0.2) is 14.1 Å². The van der Waals surface area contributed by atoms with E-state index in [4.69, 9.17) is 10.6 Å². The molecule has 11 heteroatoms. The summed E-state index contributed by atoms with van der Waals surface area (Å²) >= 11 is 1.13. The Bertz CT molecular complexity index is 1230. The second-order valence-electron chi connectivity index (χ2n) is 7.08. The van der Waals surface area contributed by atoms with Crippen LogP contribution in [0.15, 0.2) is 72.1 Å². The van der Waals surface area contributed by atoms with E-state index in [9.17, 15) is 9.18 Å². The van der Waals surface area contributed by atoms with Crippen molar-refractivity contribution in [3.63, 3.8) is 0 Å². The van der Waals surface area contributed by atoms with Crippen molar-refractivity contribution in [1.29, 1.82) is 0 Å². The Labute approximate surface area is 193 Å². The lowest BCUT2D eigenvalue weighted by molar-refractivity contribution is -0.119. The summed E-state index contributed by atoms with van der Waals surface area (Å²) in [7, 11) is 1.88. The normalized spacial score (nSPS) is 11.8. The standard InChI is InChI=1S/C22H22FN7O2S/c1-29-12-11-25-21(29)20(15-7-3-2-4-8-15)26-19(31)14-33-22-28-27-18(30(22)24)13-32-17-10-6-5-9-16(17)23/h2-12,20H,13-14,24H2,1H3,(H,26,31)/t20-/m1/s1. The number of imidazole rings is 1. The summed E-state index contributed by atoms with van der Waals surface area (Å²) in [6.07, 6.45) is 3.52. The Morgan fingerprint density at radius 2 is 1.94 bits per heavy atom. The smallest absolute Gasteiger partial charge is 0.231 e. The summed E-state index contributed by atoms with van der Waals surface area (Å²) in [5, 5.41) is 11.3. The minimum Gasteiger partial charge on any atom is -0.482 e. The Hall–Kier alpha value is -3.86. The van der Waals surface area contributed by atoms with E-state index in [0.717, 1.165) is 17.3 Å². The highest BCUT2D eigenvalue weighted by Gasteiger charge is 2.21. The fourth-order valence-corrected chi connectivity index (χ4v) is 3.83. The molecule has 1 amide bonds. The van der Waals surface area contributed by atoms with E-state index >= 15 is 0 Å². The van der Waals surface area contributed by atoms with Crippen LogP contribution in [0.4, 0.5) is 4.39 Å². The molecule has 0 aliphatic heterocycles. The molecule has 0 fully saturated rings. The Morgan fingerprint density at radius 1 is 1.18 bits per heavy atom. The van der Waals surface area contributed by atoms with Gasteiger partial charge < -0.3 is 20.5 Å². The lowest BCUT2D eigenvalue weighted by Crippen LogP contribution is -2.32. The largest absolute Gasteiger partial charge is 0.482 e. The molecule has 0 saturated heterocycles. The van der Waals surface area contributed by atoms with Crippen LogP contribution >= 0.6 is 11.8 Å². The molecule has 0 aliphatic rings. The zero-order valence-corrected chi connectivity index (χ0v) is 18.6. The van der Waals surface area contributed by atoms with Gasteiger partial charge in [-0.3, -0.25) is 4.79 Å². The number of nitrogens with one attached hydrogen (secondary N) is 1. The molecule has 2 heterocycles. The van der Waals surface area contributed by atoms with Crippen LogP contribution in [0.3, 0.4) is 0 Å². The SMILES string of the molecule is Cn1ccnc1[C@H](NC(=O)CSc1nnc(COc2ccccc2F)n1N)c1ccccc1. The average Bonchev–Trinajstić information content (AvgIpc) is 3.41. The summed E-state index contributed by atoms with van der Waals surface area (Å²) in [4.78, 5) is 17.1. The van der Waals surface area contributed by atoms with Crippen molar-refractivity contribution in [1.82, 2.24) is 29.7 Å². The van der Waals surface area contributed by atoms with E-state index < -0.39 is 11.9 Å². The van der Waals surface area contributed by atoms with E-state index in [-0.39, 0.29) is 24.0 Å². The second-order valence-corrected chi connectivity index (χ2v) is 8.03. The van der Waals surface area contributed by atoms with Crippen LogP contribution in [0, 0.1) is 5.82 Å². The van der Waals surface area contributed by atoms with E-state index in [1.54, 1.807) is 18.3 Å². The molecule has 4 aromatic rings. The lowest BCUT2D eigenvalue weighted by Gasteiger charge is -2.19. The molecule has 1 atom stereocenters. The van der Waals surface area contributed by atoms with Gasteiger partial charge in [0, 0.05) is 19.4 Å². The summed E-state index contributed by atoms with van der Waals surface area (Å²) in [6.45, 7) is -0.0631. The van der Waals surface area contributed by atoms with Crippen molar-refractivity contribution in [2.24, 2.45) is 7.05 Å². The first-order valence-electron chi connectivity index (χ1n) is 10.0. The molecule has 0 radical (unpaired) electrons. The third kappa shape index (κ3) is 5.32. The number of para-hydroxylation sites is 1. The van der Waals surface area contributed by atoms with Crippen molar-refractivity contribution in [3.05, 3.63) is 90.0 Å². The molecule has 0 spiro atoms. The number of nitrogen functional groups attached to an aromatic ring is 1. The summed E-state index contributed by atoms with van der Waals surface area (Å²) in [5.74, 6) is 6.51. The first-order chi connectivity index (χ1) is 16.0. The molecule has 0 bridgehead atoms. The number of benzene rings is 2. The van der Waals surface area contributed by atoms with Gasteiger partial charge in [0.2, 0.25) is 11.1 Å². The third-order valence-electron chi connectivity index (χ3n) is 4.82. The maximum atomic E-state index is 13.7. The van der Waals surface area contributed by atoms with Gasteiger partial charge >= 0.3 is 0 Å². The topological polar surface area (TPSA) is 113 Å². The maximum Gasteiger partial charge on any atom is 0.231 e. The van der Waals surface area contributed by atoms with Crippen molar-refractivity contribution >= 4 is 17.7 Å². The monoisotopic (exact) mass is 467 g/mol. The van der Waals surface area contributed by atoms with Crippen LogP contribution in [-0.2, 0) is 18.4 Å². The zero-order valence-electron chi connectivity index (χ0n) is 17.8. The molecule has 4 rings (SSSR count). The Kier molecular flexibility index (Phi) is 6.89. The van der Waals surface area contributed by atoms with E-state index in [2.05, 4.69) is 20.5 Å². The molecule has 0 unspecified atom stereocenters. The number of nitrogens with zero attached hydrogens (tertiary/aromatic N) is 5. The van der Waals surface area contributed by atoms with Crippen molar-refractivity contribution in [3.8, 4) is 5.75 Å². The highest BCUT2D eigenvalue weighted by molar-refractivity contribution is 7.99. The summed E-state index contributed by atoms with van der Waals surface area (Å²) < 4.78 is 22.2. The Morgan fingerprint density at radius 3 is 2.67 bits per heavy atom. The average molecular weight is 468 g/mol. The van der Waals surface area contributed by atoms with Gasteiger partial charge in [0.05, 0.1) is 5.75 Å². The predicted molar refractivity (Wildman–Crippen MR) is 121 cm³/mol. The number of aryl methyl sites for hydroxylation is 1. The molecule has 2 aromatic heterocycles. The number of hydrogen-bond donors (Lipinski definition) is 2. The van der Waals surface area contributed by atoms with Gasteiger partial charge in [0.1, 0.15) is 18.5 Å². The Balaban J connectivity index is 1.38. The van der Waals surface area contributed by atoms with Crippen LogP contribution in [0.1, 0.15) is 23.3 Å². The number of amides is 1. The van der Waals surface area contributed by atoms with Gasteiger partial charge in [-0.15, -0.1) is 10.2 Å². The molecular weight excluding hydrogens is 445 g/mol. The first kappa shape index (κ1) is 22.3. The maximum absolute atomic E-state index is 13.7. The number of thioether (sulfide) groups is 1. The van der Waals surface area contributed by atoms with Gasteiger partial charge in [-0.05, 0) is 17.7 Å². The number of aromatic nitrogens is 5. The van der Waals surface area contributed by atoms with Gasteiger partial charge in [0.25, 0.3) is 0 Å². The van der Waals surface area contributed by atoms with Crippen LogP contribution in [0.25, 0.3) is 0 Å². The van der Waals surface area contributed by atoms with Crippen molar-refractivity contribution in [2.45, 2.75) is 17.8 Å². The predicted octanol–water partition coefficient (Wildman–Crippen LogP) is 2.44. The number of hydrogen-bond acceptors (Lipinski definition) is 7. The van der Waals surface area contributed by atoms with E-state index in [0.29, 0.717) is 16.8 Å². The number of carbonyl (C=O) groups is 1. The van der Waals surface area contributed by atoms with Crippen LogP contribution in [-0.4, -0.2) is 36.1 Å². The minimum atomic E-state index is -0.479. The van der Waals surface area contributed by atoms with Gasteiger partial charge in [0.15, 0.2) is 17.4 Å². The molecular formula is C22H22FN7O2S. The minimum absolute atomic E-state index is 0.0631. The number of carbonyl (C=O) groups excluding carboxylic acids is 1.